The van der Waals surface area contributed by atoms with Crippen molar-refractivity contribution in [1.82, 2.24) is 10.6 Å². The summed E-state index contributed by atoms with van der Waals surface area (Å²) in [5.74, 6) is 0.00493. The van der Waals surface area contributed by atoms with Crippen LogP contribution in [0.4, 0.5) is 0 Å². The van der Waals surface area contributed by atoms with Gasteiger partial charge in [0, 0.05) is 33.9 Å². The normalized spacial score (nSPS) is 10.5. The first-order valence-corrected chi connectivity index (χ1v) is 6.80. The quantitative estimate of drug-likeness (QED) is 0.630. The molecular weight excluding hydrogens is 256 g/mol. The van der Waals surface area contributed by atoms with Crippen LogP contribution < -0.4 is 10.6 Å². The maximum absolute atomic E-state index is 11.6. The number of benzene rings is 1. The zero-order valence-corrected chi connectivity index (χ0v) is 12.3. The van der Waals surface area contributed by atoms with E-state index < -0.39 is 0 Å². The predicted octanol–water partition coefficient (Wildman–Crippen LogP) is 1.08. The lowest BCUT2D eigenvalue weighted by Gasteiger charge is -2.10. The Kier molecular flexibility index (Phi) is 8.62. The lowest BCUT2D eigenvalue weighted by molar-refractivity contribution is -0.120. The number of nitrogens with one attached hydrogen (secondary N) is 2. The van der Waals surface area contributed by atoms with Crippen LogP contribution in [0.15, 0.2) is 24.3 Å². The Morgan fingerprint density at radius 3 is 2.60 bits per heavy atom. The molecule has 0 saturated heterocycles. The van der Waals surface area contributed by atoms with Crippen LogP contribution in [0.25, 0.3) is 0 Å². The highest BCUT2D eigenvalue weighted by molar-refractivity contribution is 5.77. The summed E-state index contributed by atoms with van der Waals surface area (Å²) >= 11 is 0. The fourth-order valence-corrected chi connectivity index (χ4v) is 1.84. The van der Waals surface area contributed by atoms with Crippen LogP contribution in [0, 0.1) is 0 Å². The first-order chi connectivity index (χ1) is 9.77. The molecule has 5 nitrogen and oxygen atoms in total. The average Bonchev–Trinajstić information content (AvgIpc) is 2.46. The zero-order chi connectivity index (χ0) is 14.6. The molecular formula is C15H24N2O3. The van der Waals surface area contributed by atoms with E-state index in [1.165, 1.54) is 0 Å². The van der Waals surface area contributed by atoms with Gasteiger partial charge < -0.3 is 20.1 Å². The van der Waals surface area contributed by atoms with Gasteiger partial charge in [-0.2, -0.15) is 0 Å². The Balaban J connectivity index is 2.24. The molecule has 0 aliphatic heterocycles. The van der Waals surface area contributed by atoms with Crippen molar-refractivity contribution in [2.24, 2.45) is 0 Å². The Hall–Kier alpha value is -1.43. The lowest BCUT2D eigenvalue weighted by atomic mass is 10.1. The molecule has 5 heteroatoms. The Morgan fingerprint density at radius 2 is 1.90 bits per heavy atom. The second kappa shape index (κ2) is 10.4. The molecule has 20 heavy (non-hydrogen) atoms. The minimum absolute atomic E-state index is 0.00493. The first-order valence-electron chi connectivity index (χ1n) is 6.80. The van der Waals surface area contributed by atoms with E-state index in [0.717, 1.165) is 17.5 Å². The highest BCUT2D eigenvalue weighted by atomic mass is 16.5. The van der Waals surface area contributed by atoms with E-state index in [9.17, 15) is 4.79 Å². The molecule has 0 aliphatic carbocycles. The number of hydrogen-bond donors (Lipinski definition) is 2. The smallest absolute Gasteiger partial charge is 0.233 e. The van der Waals surface area contributed by atoms with Gasteiger partial charge in [0.25, 0.3) is 0 Å². The summed E-state index contributed by atoms with van der Waals surface area (Å²) in [4.78, 5) is 11.6. The second-order valence-electron chi connectivity index (χ2n) is 4.50. The van der Waals surface area contributed by atoms with Gasteiger partial charge in [-0.1, -0.05) is 24.3 Å². The van der Waals surface area contributed by atoms with Gasteiger partial charge in [0.15, 0.2) is 0 Å². The Labute approximate surface area is 120 Å². The fraction of sp³-hybridized carbons (Fsp3) is 0.533. The number of methoxy groups -OCH3 is 2. The second-order valence-corrected chi connectivity index (χ2v) is 4.50. The largest absolute Gasteiger partial charge is 0.385 e. The standard InChI is InChI=1S/C15H24N2O3/c1-19-9-5-8-17-15(18)11-16-10-13-6-3-4-7-14(13)12-20-2/h3-4,6-7,16H,5,8-12H2,1-2H3,(H,17,18). The van der Waals surface area contributed by atoms with E-state index in [1.54, 1.807) is 14.2 Å². The van der Waals surface area contributed by atoms with E-state index in [0.29, 0.717) is 32.8 Å². The van der Waals surface area contributed by atoms with E-state index in [4.69, 9.17) is 9.47 Å². The third-order valence-electron chi connectivity index (χ3n) is 2.87. The van der Waals surface area contributed by atoms with Crippen molar-refractivity contribution in [2.75, 3.05) is 33.9 Å². The highest BCUT2D eigenvalue weighted by Gasteiger charge is 2.03. The van der Waals surface area contributed by atoms with Crippen LogP contribution in [-0.2, 0) is 27.4 Å². The van der Waals surface area contributed by atoms with Crippen LogP contribution >= 0.6 is 0 Å². The van der Waals surface area contributed by atoms with Crippen molar-refractivity contribution in [3.05, 3.63) is 35.4 Å². The topological polar surface area (TPSA) is 59.6 Å². The molecule has 112 valence electrons. The van der Waals surface area contributed by atoms with Crippen LogP contribution in [-0.4, -0.2) is 39.8 Å². The number of hydrogen-bond acceptors (Lipinski definition) is 4. The molecule has 1 amide bonds. The SMILES string of the molecule is COCCCNC(=O)CNCc1ccccc1COC. The molecule has 1 aromatic rings. The monoisotopic (exact) mass is 280 g/mol. The van der Waals surface area contributed by atoms with Gasteiger partial charge in [-0.15, -0.1) is 0 Å². The zero-order valence-electron chi connectivity index (χ0n) is 12.3. The third-order valence-corrected chi connectivity index (χ3v) is 2.87. The summed E-state index contributed by atoms with van der Waals surface area (Å²) in [5, 5.41) is 5.98. The molecule has 0 radical (unpaired) electrons. The maximum atomic E-state index is 11.6. The molecule has 2 N–H and O–H groups in total. The van der Waals surface area contributed by atoms with Crippen molar-refractivity contribution >= 4 is 5.91 Å². The molecule has 0 aromatic heterocycles. The summed E-state index contributed by atoms with van der Waals surface area (Å²) in [6.07, 6.45) is 0.832. The number of ether oxygens (including phenoxy) is 2. The van der Waals surface area contributed by atoms with E-state index in [1.807, 2.05) is 24.3 Å². The third kappa shape index (κ3) is 6.65. The molecule has 0 heterocycles. The molecule has 0 spiro atoms. The predicted molar refractivity (Wildman–Crippen MR) is 78.4 cm³/mol. The molecule has 0 atom stereocenters. The summed E-state index contributed by atoms with van der Waals surface area (Å²) in [6, 6.07) is 8.05. The van der Waals surface area contributed by atoms with Crippen molar-refractivity contribution in [3.63, 3.8) is 0 Å². The molecule has 0 saturated carbocycles. The number of amides is 1. The molecule has 1 aromatic carbocycles. The van der Waals surface area contributed by atoms with E-state index >= 15 is 0 Å². The van der Waals surface area contributed by atoms with Gasteiger partial charge in [-0.05, 0) is 17.5 Å². The lowest BCUT2D eigenvalue weighted by Crippen LogP contribution is -2.34. The van der Waals surface area contributed by atoms with E-state index in [-0.39, 0.29) is 5.91 Å². The van der Waals surface area contributed by atoms with Crippen molar-refractivity contribution in [1.29, 1.82) is 0 Å². The van der Waals surface area contributed by atoms with Gasteiger partial charge in [0.2, 0.25) is 5.91 Å². The summed E-state index contributed by atoms with van der Waals surface area (Å²) in [7, 11) is 3.33. The fourth-order valence-electron chi connectivity index (χ4n) is 1.84. The minimum Gasteiger partial charge on any atom is -0.385 e. The van der Waals surface area contributed by atoms with Crippen LogP contribution in [0.5, 0.6) is 0 Å². The van der Waals surface area contributed by atoms with Gasteiger partial charge in [-0.25, -0.2) is 0 Å². The van der Waals surface area contributed by atoms with Crippen molar-refractivity contribution in [3.8, 4) is 0 Å². The van der Waals surface area contributed by atoms with Gasteiger partial charge in [0.05, 0.1) is 13.2 Å². The highest BCUT2D eigenvalue weighted by Crippen LogP contribution is 2.09. The summed E-state index contributed by atoms with van der Waals surface area (Å²) < 4.78 is 10.1. The molecule has 0 aliphatic rings. The van der Waals surface area contributed by atoms with Gasteiger partial charge in [0.1, 0.15) is 0 Å². The van der Waals surface area contributed by atoms with Crippen LogP contribution in [0.3, 0.4) is 0 Å². The van der Waals surface area contributed by atoms with Gasteiger partial charge >= 0.3 is 0 Å². The van der Waals surface area contributed by atoms with Crippen LogP contribution in [0.1, 0.15) is 17.5 Å². The molecule has 0 fully saturated rings. The average molecular weight is 280 g/mol. The summed E-state index contributed by atoms with van der Waals surface area (Å²) in [5.41, 5.74) is 2.30. The molecule has 1 rings (SSSR count). The minimum atomic E-state index is 0.00493. The van der Waals surface area contributed by atoms with Crippen molar-refractivity contribution in [2.45, 2.75) is 19.6 Å². The molecule has 0 bridgehead atoms. The van der Waals surface area contributed by atoms with Crippen LogP contribution in [0.2, 0.25) is 0 Å². The van der Waals surface area contributed by atoms with Gasteiger partial charge in [-0.3, -0.25) is 4.79 Å². The summed E-state index contributed by atoms with van der Waals surface area (Å²) in [6.45, 7) is 2.87. The van der Waals surface area contributed by atoms with Crippen molar-refractivity contribution < 1.29 is 14.3 Å². The number of carbonyl (C=O) groups excluding carboxylic acids is 1. The molecule has 0 unspecified atom stereocenters. The first kappa shape index (κ1) is 16.6. The number of rotatable bonds is 10. The van der Waals surface area contributed by atoms with E-state index in [2.05, 4.69) is 10.6 Å². The Morgan fingerprint density at radius 1 is 1.15 bits per heavy atom. The maximum Gasteiger partial charge on any atom is 0.233 e. The number of carbonyl (C=O) groups is 1. The Bertz CT molecular complexity index is 396.